The lowest BCUT2D eigenvalue weighted by Gasteiger charge is -2.41. The Labute approximate surface area is 125 Å². The van der Waals surface area contributed by atoms with E-state index in [1.165, 1.54) is 6.33 Å². The molecule has 0 saturated carbocycles. The van der Waals surface area contributed by atoms with Crippen molar-refractivity contribution >= 4 is 17.5 Å². The normalized spacial score (nSPS) is 23.5. The molecule has 114 valence electrons. The van der Waals surface area contributed by atoms with E-state index in [2.05, 4.69) is 19.8 Å². The van der Waals surface area contributed by atoms with Crippen molar-refractivity contribution in [2.75, 3.05) is 30.3 Å². The number of piperidine rings is 2. The van der Waals surface area contributed by atoms with Gasteiger partial charge >= 0.3 is 0 Å². The number of nitrogens with two attached hydrogens (primary N) is 1. The van der Waals surface area contributed by atoms with E-state index in [0.717, 1.165) is 56.7 Å². The van der Waals surface area contributed by atoms with Crippen LogP contribution in [0.2, 0.25) is 0 Å². The highest BCUT2D eigenvalue weighted by molar-refractivity contribution is 5.77. The summed E-state index contributed by atoms with van der Waals surface area (Å²) in [4.78, 5) is 24.9. The molecule has 0 spiro atoms. The molecule has 1 amide bonds. The first-order valence-corrected chi connectivity index (χ1v) is 7.78. The van der Waals surface area contributed by atoms with Crippen LogP contribution in [0.4, 0.5) is 11.6 Å². The van der Waals surface area contributed by atoms with Crippen LogP contribution < -0.4 is 10.6 Å². The molecule has 3 rings (SSSR count). The SMILES string of the molecule is Cc1c(N)ncnc1N1CCC[C@@H](N2CCCCC2=O)C1. The minimum Gasteiger partial charge on any atom is -0.383 e. The van der Waals surface area contributed by atoms with Crippen LogP contribution in [0.3, 0.4) is 0 Å². The Morgan fingerprint density at radius 2 is 2.10 bits per heavy atom. The lowest BCUT2D eigenvalue weighted by molar-refractivity contribution is -0.135. The molecule has 0 aromatic carbocycles. The van der Waals surface area contributed by atoms with Crippen molar-refractivity contribution in [3.05, 3.63) is 11.9 Å². The Morgan fingerprint density at radius 1 is 1.24 bits per heavy atom. The molecule has 3 heterocycles. The van der Waals surface area contributed by atoms with Gasteiger partial charge in [0.05, 0.1) is 0 Å². The van der Waals surface area contributed by atoms with Gasteiger partial charge in [-0.2, -0.15) is 0 Å². The first-order chi connectivity index (χ1) is 10.2. The number of carbonyl (C=O) groups is 1. The standard InChI is InChI=1S/C15H23N5O/c1-11-14(16)17-10-18-15(11)19-7-4-5-12(9-19)20-8-3-2-6-13(20)21/h10,12H,2-9H2,1H3,(H2,16,17,18)/t12-/m1/s1. The molecule has 6 heteroatoms. The quantitative estimate of drug-likeness (QED) is 0.889. The maximum atomic E-state index is 12.1. The number of likely N-dealkylation sites (tertiary alicyclic amines) is 1. The zero-order chi connectivity index (χ0) is 14.8. The molecule has 6 nitrogen and oxygen atoms in total. The summed E-state index contributed by atoms with van der Waals surface area (Å²) in [5.74, 6) is 1.76. The molecule has 2 aliphatic rings. The van der Waals surface area contributed by atoms with Gasteiger partial charge in [-0.3, -0.25) is 4.79 Å². The van der Waals surface area contributed by atoms with Crippen LogP contribution in [0.5, 0.6) is 0 Å². The lowest BCUT2D eigenvalue weighted by atomic mass is 10.00. The van der Waals surface area contributed by atoms with Crippen molar-refractivity contribution in [3.63, 3.8) is 0 Å². The maximum absolute atomic E-state index is 12.1. The third kappa shape index (κ3) is 2.80. The van der Waals surface area contributed by atoms with Crippen molar-refractivity contribution in [1.82, 2.24) is 14.9 Å². The smallest absolute Gasteiger partial charge is 0.222 e. The van der Waals surface area contributed by atoms with E-state index in [1.54, 1.807) is 0 Å². The molecule has 2 N–H and O–H groups in total. The van der Waals surface area contributed by atoms with Gasteiger partial charge in [0.15, 0.2) is 0 Å². The van der Waals surface area contributed by atoms with E-state index < -0.39 is 0 Å². The molecule has 21 heavy (non-hydrogen) atoms. The molecule has 0 aliphatic carbocycles. The number of hydrogen-bond acceptors (Lipinski definition) is 5. The highest BCUT2D eigenvalue weighted by Crippen LogP contribution is 2.26. The van der Waals surface area contributed by atoms with Crippen molar-refractivity contribution < 1.29 is 4.79 Å². The van der Waals surface area contributed by atoms with Crippen LogP contribution in [-0.4, -0.2) is 46.5 Å². The molecule has 2 aliphatic heterocycles. The van der Waals surface area contributed by atoms with Crippen LogP contribution in [0.15, 0.2) is 6.33 Å². The molecule has 1 aromatic heterocycles. The number of amides is 1. The highest BCUT2D eigenvalue weighted by atomic mass is 16.2. The highest BCUT2D eigenvalue weighted by Gasteiger charge is 2.30. The summed E-state index contributed by atoms with van der Waals surface area (Å²) in [5, 5.41) is 0. The number of rotatable bonds is 2. The molecule has 2 saturated heterocycles. The largest absolute Gasteiger partial charge is 0.383 e. The number of nitrogen functional groups attached to an aromatic ring is 1. The van der Waals surface area contributed by atoms with E-state index in [4.69, 9.17) is 5.73 Å². The second kappa shape index (κ2) is 5.87. The fraction of sp³-hybridized carbons (Fsp3) is 0.667. The second-order valence-corrected chi connectivity index (χ2v) is 5.99. The maximum Gasteiger partial charge on any atom is 0.222 e. The van der Waals surface area contributed by atoms with Gasteiger partial charge in [0.1, 0.15) is 18.0 Å². The molecule has 1 aromatic rings. The number of carbonyl (C=O) groups excluding carboxylic acids is 1. The van der Waals surface area contributed by atoms with Gasteiger partial charge in [-0.05, 0) is 32.6 Å². The molecular formula is C15H23N5O. The van der Waals surface area contributed by atoms with Gasteiger partial charge in [0.25, 0.3) is 0 Å². The van der Waals surface area contributed by atoms with Crippen molar-refractivity contribution in [2.24, 2.45) is 0 Å². The summed E-state index contributed by atoms with van der Waals surface area (Å²) >= 11 is 0. The van der Waals surface area contributed by atoms with Crippen molar-refractivity contribution in [1.29, 1.82) is 0 Å². The van der Waals surface area contributed by atoms with E-state index in [1.807, 2.05) is 6.92 Å². The minimum absolute atomic E-state index is 0.308. The average molecular weight is 289 g/mol. The molecule has 2 fully saturated rings. The van der Waals surface area contributed by atoms with E-state index in [9.17, 15) is 4.79 Å². The van der Waals surface area contributed by atoms with Crippen LogP contribution in [0.1, 0.15) is 37.7 Å². The van der Waals surface area contributed by atoms with Crippen molar-refractivity contribution in [3.8, 4) is 0 Å². The van der Waals surface area contributed by atoms with Gasteiger partial charge in [0.2, 0.25) is 5.91 Å². The van der Waals surface area contributed by atoms with Gasteiger partial charge < -0.3 is 15.5 Å². The summed E-state index contributed by atoms with van der Waals surface area (Å²) in [5.41, 5.74) is 6.82. The molecule has 1 atom stereocenters. The van der Waals surface area contributed by atoms with E-state index >= 15 is 0 Å². The van der Waals surface area contributed by atoms with Gasteiger partial charge in [0, 0.05) is 37.7 Å². The molecule has 0 bridgehead atoms. The summed E-state index contributed by atoms with van der Waals surface area (Å²) < 4.78 is 0. The van der Waals surface area contributed by atoms with Crippen LogP contribution in [0.25, 0.3) is 0 Å². The Morgan fingerprint density at radius 3 is 2.90 bits per heavy atom. The third-order valence-electron chi connectivity index (χ3n) is 4.59. The Balaban J connectivity index is 1.76. The topological polar surface area (TPSA) is 75.3 Å². The fourth-order valence-electron chi connectivity index (χ4n) is 3.39. The average Bonchev–Trinajstić information content (AvgIpc) is 2.51. The van der Waals surface area contributed by atoms with Crippen LogP contribution in [0, 0.1) is 6.92 Å². The van der Waals surface area contributed by atoms with Gasteiger partial charge in [-0.15, -0.1) is 0 Å². The minimum atomic E-state index is 0.308. The summed E-state index contributed by atoms with van der Waals surface area (Å²) in [7, 11) is 0. The number of aromatic nitrogens is 2. The van der Waals surface area contributed by atoms with Gasteiger partial charge in [-0.1, -0.05) is 0 Å². The fourth-order valence-corrected chi connectivity index (χ4v) is 3.39. The number of nitrogens with zero attached hydrogens (tertiary/aromatic N) is 4. The Kier molecular flexibility index (Phi) is 3.94. The molecular weight excluding hydrogens is 266 g/mol. The Bertz CT molecular complexity index is 533. The zero-order valence-corrected chi connectivity index (χ0v) is 12.6. The van der Waals surface area contributed by atoms with E-state index in [0.29, 0.717) is 24.2 Å². The number of hydrogen-bond donors (Lipinski definition) is 1. The predicted molar refractivity (Wildman–Crippen MR) is 82.0 cm³/mol. The Hall–Kier alpha value is -1.85. The second-order valence-electron chi connectivity index (χ2n) is 5.99. The summed E-state index contributed by atoms with van der Waals surface area (Å²) in [6.07, 6.45) is 6.55. The monoisotopic (exact) mass is 289 g/mol. The van der Waals surface area contributed by atoms with Crippen LogP contribution in [-0.2, 0) is 4.79 Å². The zero-order valence-electron chi connectivity index (χ0n) is 12.6. The lowest BCUT2D eigenvalue weighted by Crippen LogP contribution is -2.52. The summed E-state index contributed by atoms with van der Waals surface area (Å²) in [6, 6.07) is 0.308. The third-order valence-corrected chi connectivity index (χ3v) is 4.59. The van der Waals surface area contributed by atoms with E-state index in [-0.39, 0.29) is 0 Å². The predicted octanol–water partition coefficient (Wildman–Crippen LogP) is 1.35. The molecule has 0 radical (unpaired) electrons. The summed E-state index contributed by atoms with van der Waals surface area (Å²) in [6.45, 7) is 4.68. The van der Waals surface area contributed by atoms with Crippen LogP contribution >= 0.6 is 0 Å². The molecule has 0 unspecified atom stereocenters. The van der Waals surface area contributed by atoms with Crippen molar-refractivity contribution in [2.45, 2.75) is 45.1 Å². The first kappa shape index (κ1) is 14.1. The first-order valence-electron chi connectivity index (χ1n) is 7.78. The number of anilines is 2. The van der Waals surface area contributed by atoms with Gasteiger partial charge in [-0.25, -0.2) is 9.97 Å².